The molecule has 4 aromatic heterocycles. The van der Waals surface area contributed by atoms with Crippen LogP contribution in [0.15, 0.2) is 116 Å². The molecule has 0 amide bonds. The van der Waals surface area contributed by atoms with Crippen molar-refractivity contribution in [1.29, 1.82) is 0 Å². The molecular weight excluding hydrogens is 650 g/mol. The molecule has 0 saturated carbocycles. The summed E-state index contributed by atoms with van der Waals surface area (Å²) in [6.45, 7) is 3.13. The Labute approximate surface area is 292 Å². The molecule has 0 radical (unpaired) electrons. The van der Waals surface area contributed by atoms with E-state index in [-0.39, 0.29) is 40.3 Å². The predicted octanol–water partition coefficient (Wildman–Crippen LogP) is 8.41. The van der Waals surface area contributed by atoms with Gasteiger partial charge in [-0.2, -0.15) is 0 Å². The van der Waals surface area contributed by atoms with E-state index in [1.165, 1.54) is 44.3 Å². The van der Waals surface area contributed by atoms with Gasteiger partial charge in [0.05, 0.1) is 0 Å². The first-order valence-corrected chi connectivity index (χ1v) is 16.1. The van der Waals surface area contributed by atoms with Gasteiger partial charge in [0.25, 0.3) is 0 Å². The Bertz CT molecular complexity index is 2350. The molecule has 0 atom stereocenters. The maximum Gasteiger partial charge on any atom is 0.182 e. The smallest absolute Gasteiger partial charge is 0.182 e. The molecule has 0 fully saturated rings. The first-order chi connectivity index (χ1) is 24.6. The summed E-state index contributed by atoms with van der Waals surface area (Å²) in [6.07, 6.45) is 7.77. The van der Waals surface area contributed by atoms with Crippen molar-refractivity contribution >= 4 is 33.4 Å². The number of aromatic hydroxyl groups is 1. The molecule has 0 bridgehead atoms. The average molecular weight is 683 g/mol. The summed E-state index contributed by atoms with van der Waals surface area (Å²) >= 11 is 0. The average Bonchev–Trinajstić information content (AvgIpc) is 3.13. The summed E-state index contributed by atoms with van der Waals surface area (Å²) in [7, 11) is 0. The van der Waals surface area contributed by atoms with E-state index in [4.69, 9.17) is 4.74 Å². The molecule has 254 valence electrons. The fraction of sp³-hybridized carbons (Fsp3) is 0.122. The van der Waals surface area contributed by atoms with Gasteiger partial charge in [-0.3, -0.25) is 19.6 Å². The van der Waals surface area contributed by atoms with Crippen LogP contribution in [0.5, 0.6) is 11.5 Å². The fourth-order valence-electron chi connectivity index (χ4n) is 5.50. The van der Waals surface area contributed by atoms with Crippen LogP contribution in [0, 0.1) is 11.6 Å². The normalized spacial score (nSPS) is 10.8. The monoisotopic (exact) mass is 682 g/mol. The number of ketones is 2. The molecule has 0 aliphatic rings. The number of carbonyl (C=O) groups excluding carboxylic acids is 2. The van der Waals surface area contributed by atoms with Crippen LogP contribution < -0.4 is 4.74 Å². The number of halogens is 2. The van der Waals surface area contributed by atoms with Gasteiger partial charge in [-0.1, -0.05) is 54.6 Å². The number of benzene rings is 3. The van der Waals surface area contributed by atoms with Crippen LogP contribution in [0.25, 0.3) is 21.8 Å². The second kappa shape index (κ2) is 15.4. The van der Waals surface area contributed by atoms with Crippen LogP contribution in [0.1, 0.15) is 62.6 Å². The van der Waals surface area contributed by atoms with E-state index in [2.05, 4.69) is 19.9 Å². The fourth-order valence-corrected chi connectivity index (χ4v) is 5.50. The van der Waals surface area contributed by atoms with Crippen LogP contribution in [0.4, 0.5) is 8.78 Å². The summed E-state index contributed by atoms with van der Waals surface area (Å²) in [5, 5.41) is 11.5. The highest BCUT2D eigenvalue weighted by Gasteiger charge is 2.17. The number of hydrogen-bond acceptors (Lipinski definition) is 8. The van der Waals surface area contributed by atoms with Gasteiger partial charge in [-0.25, -0.2) is 18.7 Å². The molecule has 0 spiro atoms. The van der Waals surface area contributed by atoms with E-state index >= 15 is 0 Å². The maximum absolute atomic E-state index is 13.1. The molecule has 4 heterocycles. The van der Waals surface area contributed by atoms with Crippen molar-refractivity contribution in [3.8, 4) is 11.5 Å². The summed E-state index contributed by atoms with van der Waals surface area (Å²) in [5.74, 6) is -0.813. The number of rotatable bonds is 9. The van der Waals surface area contributed by atoms with Crippen LogP contribution in [0.3, 0.4) is 0 Å². The number of pyridine rings is 4. The maximum atomic E-state index is 13.1. The summed E-state index contributed by atoms with van der Waals surface area (Å²) in [6, 6.07) is 26.2. The first kappa shape index (κ1) is 34.4. The lowest BCUT2D eigenvalue weighted by Gasteiger charge is -2.12. The van der Waals surface area contributed by atoms with Crippen molar-refractivity contribution in [2.75, 3.05) is 0 Å². The second-order valence-electron chi connectivity index (χ2n) is 11.9. The van der Waals surface area contributed by atoms with Gasteiger partial charge >= 0.3 is 0 Å². The Morgan fingerprint density at radius 3 is 1.61 bits per heavy atom. The molecule has 1 N–H and O–H groups in total. The molecule has 10 heteroatoms. The molecule has 0 saturated heterocycles. The van der Waals surface area contributed by atoms with Crippen LogP contribution in [-0.2, 0) is 19.4 Å². The number of fused-ring (bicyclic) bond motifs is 2. The zero-order valence-electron chi connectivity index (χ0n) is 27.8. The predicted molar refractivity (Wildman–Crippen MR) is 190 cm³/mol. The van der Waals surface area contributed by atoms with Crippen molar-refractivity contribution in [2.24, 2.45) is 0 Å². The van der Waals surface area contributed by atoms with Gasteiger partial charge < -0.3 is 9.84 Å². The van der Waals surface area contributed by atoms with Crippen LogP contribution >= 0.6 is 0 Å². The zero-order chi connectivity index (χ0) is 35.9. The van der Waals surface area contributed by atoms with E-state index in [1.807, 2.05) is 42.5 Å². The number of carbonyl (C=O) groups is 2. The Kier molecular flexibility index (Phi) is 10.4. The number of Topliss-reactive ketones (excluding diaryl/α,β-unsaturated/α-hetero) is 2. The second-order valence-corrected chi connectivity index (χ2v) is 11.9. The molecule has 0 aliphatic carbocycles. The number of ether oxygens (including phenoxy) is 1. The highest BCUT2D eigenvalue weighted by molar-refractivity contribution is 6.01. The lowest BCUT2D eigenvalue weighted by atomic mass is 10.0. The Balaban J connectivity index is 0.000000183. The lowest BCUT2D eigenvalue weighted by molar-refractivity contribution is 0.0996. The van der Waals surface area contributed by atoms with Crippen molar-refractivity contribution < 1.29 is 28.2 Å². The minimum absolute atomic E-state index is 0.0197. The molecule has 0 aliphatic heterocycles. The van der Waals surface area contributed by atoms with Crippen LogP contribution in [0.2, 0.25) is 0 Å². The SMILES string of the molecule is CC(=O)c1ncc2cc(Cc3ccc(F)cc3)cnc2c1O.CC(=O)c1ncc2cc(Cc3ccc(F)cc3)cnc2c1OCc1ccccc1. The third kappa shape index (κ3) is 8.42. The Morgan fingerprint density at radius 2 is 1.08 bits per heavy atom. The van der Waals surface area contributed by atoms with Crippen molar-refractivity contribution in [1.82, 2.24) is 19.9 Å². The van der Waals surface area contributed by atoms with E-state index in [0.29, 0.717) is 41.6 Å². The highest BCUT2D eigenvalue weighted by atomic mass is 19.1. The summed E-state index contributed by atoms with van der Waals surface area (Å²) in [5.41, 5.74) is 6.06. The minimum Gasteiger partial charge on any atom is -0.504 e. The summed E-state index contributed by atoms with van der Waals surface area (Å²) in [4.78, 5) is 40.5. The van der Waals surface area contributed by atoms with Gasteiger partial charge in [0, 0.05) is 49.4 Å². The van der Waals surface area contributed by atoms with E-state index in [1.54, 1.807) is 42.9 Å². The molecule has 3 aromatic carbocycles. The van der Waals surface area contributed by atoms with Gasteiger partial charge in [0.2, 0.25) is 0 Å². The first-order valence-electron chi connectivity index (χ1n) is 16.1. The third-order valence-electron chi connectivity index (χ3n) is 8.03. The van der Waals surface area contributed by atoms with E-state index in [0.717, 1.165) is 33.2 Å². The minimum atomic E-state index is -0.309. The van der Waals surface area contributed by atoms with Gasteiger partial charge in [-0.15, -0.1) is 0 Å². The lowest BCUT2D eigenvalue weighted by Crippen LogP contribution is -2.06. The van der Waals surface area contributed by atoms with Gasteiger partial charge in [0.1, 0.15) is 40.7 Å². The topological polar surface area (TPSA) is 115 Å². The largest absolute Gasteiger partial charge is 0.504 e. The molecule has 8 nitrogen and oxygen atoms in total. The Morgan fingerprint density at radius 1 is 0.588 bits per heavy atom. The molecule has 51 heavy (non-hydrogen) atoms. The van der Waals surface area contributed by atoms with Crippen molar-refractivity contribution in [3.05, 3.63) is 167 Å². The van der Waals surface area contributed by atoms with Gasteiger partial charge in [0.15, 0.2) is 23.1 Å². The van der Waals surface area contributed by atoms with E-state index < -0.39 is 0 Å². The third-order valence-corrected chi connectivity index (χ3v) is 8.03. The molecule has 7 rings (SSSR count). The number of aromatic nitrogens is 4. The number of nitrogens with zero attached hydrogens (tertiary/aromatic N) is 4. The van der Waals surface area contributed by atoms with Gasteiger partial charge in [-0.05, 0) is 77.1 Å². The number of hydrogen-bond donors (Lipinski definition) is 1. The van der Waals surface area contributed by atoms with Crippen molar-refractivity contribution in [3.63, 3.8) is 0 Å². The molecule has 7 aromatic rings. The Hall–Kier alpha value is -6.42. The quantitative estimate of drug-likeness (QED) is 0.151. The zero-order valence-corrected chi connectivity index (χ0v) is 27.8. The van der Waals surface area contributed by atoms with E-state index in [9.17, 15) is 23.5 Å². The van der Waals surface area contributed by atoms with Crippen molar-refractivity contribution in [2.45, 2.75) is 33.3 Å². The molecule has 0 unspecified atom stereocenters. The summed E-state index contributed by atoms with van der Waals surface area (Å²) < 4.78 is 32.0. The molecular formula is C41H32F2N4O4. The highest BCUT2D eigenvalue weighted by Crippen LogP contribution is 2.29. The van der Waals surface area contributed by atoms with Crippen LogP contribution in [-0.4, -0.2) is 36.6 Å². The standard InChI is InChI=1S/C24H19FN2O2.C17H13FN2O2/c1-16(28)22-24(29-15-18-5-3-2-4-6-18)23-20(14-27-22)12-19(13-26-23)11-17-7-9-21(25)10-8-17;1-10(21)15-17(22)16-13(9-20-15)7-12(8-19-16)6-11-2-4-14(18)5-3-11/h2-10,12-14H,11,15H2,1H3;2-5,7-9,22H,6H2,1H3.